The van der Waals surface area contributed by atoms with Crippen molar-refractivity contribution in [1.29, 1.82) is 0 Å². The van der Waals surface area contributed by atoms with Crippen LogP contribution < -0.4 is 10.9 Å². The van der Waals surface area contributed by atoms with Gasteiger partial charge in [0.1, 0.15) is 5.00 Å². The highest BCUT2D eigenvalue weighted by Gasteiger charge is 2.25. The van der Waals surface area contributed by atoms with Gasteiger partial charge in [-0.3, -0.25) is 9.59 Å². The molecule has 0 aliphatic carbocycles. The molecule has 0 fully saturated rings. The normalized spacial score (nSPS) is 11.9. The van der Waals surface area contributed by atoms with E-state index in [0.29, 0.717) is 27.5 Å². The maximum Gasteiger partial charge on any atom is 0.359 e. The molecular weight excluding hydrogens is 474 g/mol. The number of rotatable bonds is 7. The number of carbonyl (C=O) groups is 2. The van der Waals surface area contributed by atoms with E-state index in [1.807, 2.05) is 37.3 Å². The van der Waals surface area contributed by atoms with Gasteiger partial charge in [0.05, 0.1) is 23.6 Å². The average molecular weight is 496 g/mol. The Bertz CT molecular complexity index is 1400. The van der Waals surface area contributed by atoms with E-state index >= 15 is 0 Å². The van der Waals surface area contributed by atoms with Crippen molar-refractivity contribution in [1.82, 2.24) is 9.78 Å². The Morgan fingerprint density at radius 3 is 2.47 bits per heavy atom. The lowest BCUT2D eigenvalue weighted by atomic mass is 9.96. The second-order valence-corrected chi connectivity index (χ2v) is 8.79. The van der Waals surface area contributed by atoms with Crippen molar-refractivity contribution in [2.75, 3.05) is 11.9 Å². The fraction of sp³-hybridized carbons (Fsp3) is 0.200. The molecule has 0 saturated carbocycles. The molecule has 0 aliphatic heterocycles. The molecule has 0 unspecified atom stereocenters. The van der Waals surface area contributed by atoms with Crippen molar-refractivity contribution in [2.45, 2.75) is 26.2 Å². The summed E-state index contributed by atoms with van der Waals surface area (Å²) in [5.74, 6) is -1.27. The van der Waals surface area contributed by atoms with E-state index in [1.165, 1.54) is 11.3 Å². The third-order valence-electron chi connectivity index (χ3n) is 5.36. The van der Waals surface area contributed by atoms with Crippen molar-refractivity contribution in [3.05, 3.63) is 86.6 Å². The summed E-state index contributed by atoms with van der Waals surface area (Å²) in [4.78, 5) is 39.3. The summed E-state index contributed by atoms with van der Waals surface area (Å²) >= 11 is 7.16. The lowest BCUT2D eigenvalue weighted by Crippen LogP contribution is -2.26. The van der Waals surface area contributed by atoms with Crippen LogP contribution in [-0.2, 0) is 9.53 Å². The van der Waals surface area contributed by atoms with Crippen molar-refractivity contribution in [3.63, 3.8) is 0 Å². The lowest BCUT2D eigenvalue weighted by Gasteiger charge is -2.15. The molecule has 0 aliphatic rings. The smallest absolute Gasteiger partial charge is 0.359 e. The molecule has 4 aromatic rings. The van der Waals surface area contributed by atoms with Crippen LogP contribution >= 0.6 is 22.9 Å². The first-order chi connectivity index (χ1) is 16.4. The highest BCUT2D eigenvalue weighted by atomic mass is 35.5. The number of ether oxygens (including phenoxy) is 1. The molecule has 2 aromatic carbocycles. The zero-order valence-electron chi connectivity index (χ0n) is 18.6. The molecule has 1 atom stereocenters. The quantitative estimate of drug-likeness (QED) is 0.346. The van der Waals surface area contributed by atoms with E-state index in [2.05, 4.69) is 10.4 Å². The molecular formula is C25H22ClN3O4S. The maximum atomic E-state index is 13.5. The fourth-order valence-corrected chi connectivity index (χ4v) is 4.77. The van der Waals surface area contributed by atoms with Crippen LogP contribution in [0.15, 0.2) is 64.8 Å². The van der Waals surface area contributed by atoms with Gasteiger partial charge in [-0.25, -0.2) is 4.79 Å². The van der Waals surface area contributed by atoms with E-state index in [-0.39, 0.29) is 29.5 Å². The zero-order chi connectivity index (χ0) is 24.2. The summed E-state index contributed by atoms with van der Waals surface area (Å²) in [6.45, 7) is 3.78. The molecule has 2 aromatic heterocycles. The number of nitrogens with zero attached hydrogens (tertiary/aromatic N) is 2. The molecule has 1 amide bonds. The maximum absolute atomic E-state index is 13.5. The molecule has 1 N–H and O–H groups in total. The van der Waals surface area contributed by atoms with Crippen molar-refractivity contribution in [2.24, 2.45) is 0 Å². The Kier molecular flexibility index (Phi) is 7.09. The van der Waals surface area contributed by atoms with Crippen LogP contribution in [0.25, 0.3) is 16.5 Å². The number of benzene rings is 2. The highest BCUT2D eigenvalue weighted by molar-refractivity contribution is 7.16. The first-order valence-corrected chi connectivity index (χ1v) is 12.0. The lowest BCUT2D eigenvalue weighted by molar-refractivity contribution is -0.117. The van der Waals surface area contributed by atoms with E-state index in [4.69, 9.17) is 16.3 Å². The number of esters is 1. The van der Waals surface area contributed by atoms with Crippen LogP contribution in [0.2, 0.25) is 5.02 Å². The van der Waals surface area contributed by atoms with Crippen LogP contribution in [0.4, 0.5) is 5.00 Å². The van der Waals surface area contributed by atoms with E-state index in [1.54, 1.807) is 36.6 Å². The molecule has 174 valence electrons. The first kappa shape index (κ1) is 23.7. The van der Waals surface area contributed by atoms with Crippen LogP contribution in [0.3, 0.4) is 0 Å². The van der Waals surface area contributed by atoms with Gasteiger partial charge < -0.3 is 10.1 Å². The summed E-state index contributed by atoms with van der Waals surface area (Å²) in [6, 6.07) is 16.0. The molecule has 4 rings (SSSR count). The van der Waals surface area contributed by atoms with Gasteiger partial charge in [-0.2, -0.15) is 9.78 Å². The average Bonchev–Trinajstić information content (AvgIpc) is 3.25. The van der Waals surface area contributed by atoms with Crippen LogP contribution in [0.5, 0.6) is 0 Å². The number of amides is 1. The third kappa shape index (κ3) is 4.60. The number of halogens is 1. The largest absolute Gasteiger partial charge is 0.461 e. The van der Waals surface area contributed by atoms with E-state index in [9.17, 15) is 14.4 Å². The third-order valence-corrected chi connectivity index (χ3v) is 6.50. The Hall–Kier alpha value is -3.49. The summed E-state index contributed by atoms with van der Waals surface area (Å²) in [7, 11) is 0. The number of hydrogen-bond donors (Lipinski definition) is 1. The second-order valence-electron chi connectivity index (χ2n) is 7.48. The molecule has 34 heavy (non-hydrogen) atoms. The molecule has 2 heterocycles. The van der Waals surface area contributed by atoms with E-state index < -0.39 is 11.5 Å². The van der Waals surface area contributed by atoms with Gasteiger partial charge in [0.25, 0.3) is 5.56 Å². The highest BCUT2D eigenvalue weighted by Crippen LogP contribution is 2.32. The number of nitrogens with one attached hydrogen (secondary N) is 1. The van der Waals surface area contributed by atoms with Gasteiger partial charge in [0, 0.05) is 15.8 Å². The predicted octanol–water partition coefficient (Wildman–Crippen LogP) is 5.41. The number of fused-ring (bicyclic) bond motifs is 1. The molecule has 0 bridgehead atoms. The Morgan fingerprint density at radius 1 is 1.12 bits per heavy atom. The SMILES string of the molecule is CCOC(=O)c1nn(-c2ccc(Cl)cc2)c(=O)c2c(NC(=O)[C@@H](CC)c3ccccc3)scc12. The molecule has 0 spiro atoms. The van der Waals surface area contributed by atoms with Crippen LogP contribution in [0.1, 0.15) is 42.2 Å². The van der Waals surface area contributed by atoms with Crippen molar-refractivity contribution < 1.29 is 14.3 Å². The number of anilines is 1. The van der Waals surface area contributed by atoms with Gasteiger partial charge in [-0.05, 0) is 43.2 Å². The number of aromatic nitrogens is 2. The minimum absolute atomic E-state index is 0.00162. The van der Waals surface area contributed by atoms with Gasteiger partial charge in [0.2, 0.25) is 5.91 Å². The zero-order valence-corrected chi connectivity index (χ0v) is 20.2. The summed E-state index contributed by atoms with van der Waals surface area (Å²) in [6.07, 6.45) is 0.587. The standard InChI is InChI=1S/C25H22ClN3O4S/c1-3-18(15-8-6-5-7-9-15)22(30)27-23-20-19(14-34-23)21(25(32)33-4-2)28-29(24(20)31)17-12-10-16(26)11-13-17/h5-14,18H,3-4H2,1-2H3,(H,27,30)/t18-/m0/s1. The monoisotopic (exact) mass is 495 g/mol. The number of carbonyl (C=O) groups excluding carboxylic acids is 2. The fourth-order valence-electron chi connectivity index (χ4n) is 3.71. The Morgan fingerprint density at radius 2 is 1.82 bits per heavy atom. The van der Waals surface area contributed by atoms with Gasteiger partial charge in [-0.1, -0.05) is 48.9 Å². The topological polar surface area (TPSA) is 90.3 Å². The second kappa shape index (κ2) is 10.2. The van der Waals surface area contributed by atoms with Crippen LogP contribution in [0, 0.1) is 0 Å². The molecule has 0 radical (unpaired) electrons. The minimum Gasteiger partial charge on any atom is -0.461 e. The van der Waals surface area contributed by atoms with Gasteiger partial charge >= 0.3 is 5.97 Å². The Balaban J connectivity index is 1.84. The van der Waals surface area contributed by atoms with Crippen LogP contribution in [-0.4, -0.2) is 28.3 Å². The minimum atomic E-state index is -0.651. The first-order valence-electron chi connectivity index (χ1n) is 10.8. The summed E-state index contributed by atoms with van der Waals surface area (Å²) in [5, 5.41) is 10.2. The Labute approximate surface area is 204 Å². The van der Waals surface area contributed by atoms with Gasteiger partial charge in [0.15, 0.2) is 5.69 Å². The molecule has 7 nitrogen and oxygen atoms in total. The molecule has 0 saturated heterocycles. The van der Waals surface area contributed by atoms with E-state index in [0.717, 1.165) is 10.2 Å². The summed E-state index contributed by atoms with van der Waals surface area (Å²) < 4.78 is 6.30. The summed E-state index contributed by atoms with van der Waals surface area (Å²) in [5.41, 5.74) is 0.852. The van der Waals surface area contributed by atoms with Crippen molar-refractivity contribution >= 4 is 50.6 Å². The number of hydrogen-bond acceptors (Lipinski definition) is 6. The van der Waals surface area contributed by atoms with Gasteiger partial charge in [-0.15, -0.1) is 11.3 Å². The number of thiophene rings is 1. The van der Waals surface area contributed by atoms with Crippen molar-refractivity contribution in [3.8, 4) is 5.69 Å². The molecule has 9 heteroatoms. The predicted molar refractivity (Wildman–Crippen MR) is 134 cm³/mol.